The average Bonchev–Trinajstić information content (AvgIpc) is 2.60. The molecule has 106 valence electrons. The zero-order valence-electron chi connectivity index (χ0n) is 11.6. The summed E-state index contributed by atoms with van der Waals surface area (Å²) in [5.74, 6) is 1.12. The molecule has 1 aromatic rings. The molecule has 0 aromatic heterocycles. The van der Waals surface area contributed by atoms with E-state index in [-0.39, 0.29) is 5.82 Å². The molecule has 1 aliphatic rings. The van der Waals surface area contributed by atoms with Crippen molar-refractivity contribution in [1.82, 2.24) is 5.32 Å². The van der Waals surface area contributed by atoms with Gasteiger partial charge in [-0.2, -0.15) is 0 Å². The fourth-order valence-corrected chi connectivity index (χ4v) is 3.44. The van der Waals surface area contributed by atoms with Crippen molar-refractivity contribution in [3.05, 3.63) is 34.6 Å². The molecule has 0 radical (unpaired) electrons. The Labute approximate surface area is 120 Å². The molecule has 1 aliphatic carbocycles. The normalized spacial score (nSPS) is 24.2. The molecule has 3 heteroatoms. The Balaban J connectivity index is 2.11. The highest BCUT2D eigenvalue weighted by Gasteiger charge is 2.24. The van der Waals surface area contributed by atoms with E-state index in [1.54, 1.807) is 12.1 Å². The molecule has 0 heterocycles. The zero-order valence-corrected chi connectivity index (χ0v) is 12.3. The molecule has 2 rings (SSSR count). The number of hydrogen-bond donors (Lipinski definition) is 1. The second kappa shape index (κ2) is 7.25. The first kappa shape index (κ1) is 14.8. The van der Waals surface area contributed by atoms with Crippen molar-refractivity contribution in [2.75, 3.05) is 13.6 Å². The molecule has 0 saturated heterocycles. The molecule has 2 atom stereocenters. The fraction of sp³-hybridized carbons (Fsp3) is 0.625. The molecule has 19 heavy (non-hydrogen) atoms. The molecule has 0 bridgehead atoms. The van der Waals surface area contributed by atoms with Crippen LogP contribution in [0.15, 0.2) is 18.2 Å². The van der Waals surface area contributed by atoms with Gasteiger partial charge in [-0.05, 0) is 68.5 Å². The minimum atomic E-state index is -0.182. The van der Waals surface area contributed by atoms with Crippen molar-refractivity contribution in [3.63, 3.8) is 0 Å². The van der Waals surface area contributed by atoms with Gasteiger partial charge in [0.1, 0.15) is 5.82 Å². The highest BCUT2D eigenvalue weighted by molar-refractivity contribution is 6.31. The van der Waals surface area contributed by atoms with Gasteiger partial charge < -0.3 is 5.32 Å². The summed E-state index contributed by atoms with van der Waals surface area (Å²) in [5, 5.41) is 4.00. The van der Waals surface area contributed by atoms with Crippen molar-refractivity contribution in [2.45, 2.75) is 38.5 Å². The van der Waals surface area contributed by atoms with Gasteiger partial charge in [-0.25, -0.2) is 4.39 Å². The van der Waals surface area contributed by atoms with Gasteiger partial charge in [-0.3, -0.25) is 0 Å². The Morgan fingerprint density at radius 3 is 2.68 bits per heavy atom. The van der Waals surface area contributed by atoms with Crippen LogP contribution in [0.2, 0.25) is 5.02 Å². The molecular weight excluding hydrogens is 261 g/mol. The van der Waals surface area contributed by atoms with Gasteiger partial charge in [-0.1, -0.05) is 30.9 Å². The minimum Gasteiger partial charge on any atom is -0.319 e. The molecular formula is C16H23ClFN. The third kappa shape index (κ3) is 4.19. The third-order valence-electron chi connectivity index (χ3n) is 4.27. The number of rotatable bonds is 4. The van der Waals surface area contributed by atoms with E-state index in [1.165, 1.54) is 38.2 Å². The van der Waals surface area contributed by atoms with E-state index in [9.17, 15) is 4.39 Å². The van der Waals surface area contributed by atoms with E-state index in [0.29, 0.717) is 16.9 Å². The first-order chi connectivity index (χ1) is 9.20. The zero-order chi connectivity index (χ0) is 13.7. The number of halogens is 2. The van der Waals surface area contributed by atoms with Crippen LogP contribution in [0, 0.1) is 17.7 Å². The Hall–Kier alpha value is -0.600. The lowest BCUT2D eigenvalue weighted by atomic mass is 9.83. The smallest absolute Gasteiger partial charge is 0.123 e. The molecule has 1 N–H and O–H groups in total. The first-order valence-corrected chi connectivity index (χ1v) is 7.67. The predicted molar refractivity (Wildman–Crippen MR) is 79.1 cm³/mol. The van der Waals surface area contributed by atoms with Gasteiger partial charge in [0.25, 0.3) is 0 Å². The van der Waals surface area contributed by atoms with Crippen molar-refractivity contribution in [1.29, 1.82) is 0 Å². The summed E-state index contributed by atoms with van der Waals surface area (Å²) < 4.78 is 13.4. The third-order valence-corrected chi connectivity index (χ3v) is 4.64. The lowest BCUT2D eigenvalue weighted by Crippen LogP contribution is -2.26. The maximum absolute atomic E-state index is 13.4. The highest BCUT2D eigenvalue weighted by Crippen LogP contribution is 2.32. The second-order valence-electron chi connectivity index (χ2n) is 5.66. The minimum absolute atomic E-state index is 0.182. The first-order valence-electron chi connectivity index (χ1n) is 7.29. The largest absolute Gasteiger partial charge is 0.319 e. The van der Waals surface area contributed by atoms with Crippen LogP contribution in [-0.2, 0) is 6.42 Å². The summed E-state index contributed by atoms with van der Waals surface area (Å²) in [6.07, 6.45) is 7.35. The summed E-state index contributed by atoms with van der Waals surface area (Å²) in [6.45, 7) is 1.05. The summed E-state index contributed by atoms with van der Waals surface area (Å²) in [6, 6.07) is 4.71. The Kier molecular flexibility index (Phi) is 5.65. The number of hydrogen-bond acceptors (Lipinski definition) is 1. The molecule has 1 nitrogen and oxygen atoms in total. The Morgan fingerprint density at radius 1 is 1.21 bits per heavy atom. The van der Waals surface area contributed by atoms with Crippen molar-refractivity contribution < 1.29 is 4.39 Å². The van der Waals surface area contributed by atoms with Gasteiger partial charge in [-0.15, -0.1) is 0 Å². The van der Waals surface area contributed by atoms with E-state index in [2.05, 4.69) is 5.32 Å². The maximum atomic E-state index is 13.4. The van der Waals surface area contributed by atoms with Crippen molar-refractivity contribution in [2.24, 2.45) is 11.8 Å². The van der Waals surface area contributed by atoms with E-state index < -0.39 is 0 Å². The van der Waals surface area contributed by atoms with Crippen LogP contribution in [0.1, 0.15) is 37.7 Å². The Bertz CT molecular complexity index is 408. The predicted octanol–water partition coefficient (Wildman–Crippen LogP) is 4.44. The summed E-state index contributed by atoms with van der Waals surface area (Å²) in [7, 11) is 2.01. The summed E-state index contributed by atoms with van der Waals surface area (Å²) in [5.41, 5.74) is 0.967. The van der Waals surface area contributed by atoms with Gasteiger partial charge >= 0.3 is 0 Å². The van der Waals surface area contributed by atoms with Gasteiger partial charge in [0.2, 0.25) is 0 Å². The standard InChI is InChI=1S/C16H23ClFN/c1-19-11-13-6-4-2-3-5-12(13)9-14-10-15(18)7-8-16(14)17/h7-8,10,12-13,19H,2-6,9,11H2,1H3. The highest BCUT2D eigenvalue weighted by atomic mass is 35.5. The van der Waals surface area contributed by atoms with Crippen LogP contribution >= 0.6 is 11.6 Å². The fourth-order valence-electron chi connectivity index (χ4n) is 3.24. The topological polar surface area (TPSA) is 12.0 Å². The van der Waals surface area contributed by atoms with Gasteiger partial charge in [0.05, 0.1) is 0 Å². The van der Waals surface area contributed by atoms with Gasteiger partial charge in [0, 0.05) is 5.02 Å². The van der Waals surface area contributed by atoms with E-state index in [1.807, 2.05) is 7.05 Å². The van der Waals surface area contributed by atoms with Crippen LogP contribution < -0.4 is 5.32 Å². The Morgan fingerprint density at radius 2 is 1.95 bits per heavy atom. The van der Waals surface area contributed by atoms with E-state index in [4.69, 9.17) is 11.6 Å². The molecule has 1 saturated carbocycles. The SMILES string of the molecule is CNCC1CCCCCC1Cc1cc(F)ccc1Cl. The maximum Gasteiger partial charge on any atom is 0.123 e. The molecule has 0 amide bonds. The van der Waals surface area contributed by atoms with Crippen LogP contribution in [0.3, 0.4) is 0 Å². The van der Waals surface area contributed by atoms with Crippen molar-refractivity contribution in [3.8, 4) is 0 Å². The lowest BCUT2D eigenvalue weighted by molar-refractivity contribution is 0.303. The molecule has 1 aromatic carbocycles. The molecule has 2 unspecified atom stereocenters. The molecule has 1 fully saturated rings. The molecule has 0 spiro atoms. The number of benzene rings is 1. The van der Waals surface area contributed by atoms with E-state index >= 15 is 0 Å². The van der Waals surface area contributed by atoms with Gasteiger partial charge in [0.15, 0.2) is 0 Å². The van der Waals surface area contributed by atoms with Crippen LogP contribution in [-0.4, -0.2) is 13.6 Å². The monoisotopic (exact) mass is 283 g/mol. The van der Waals surface area contributed by atoms with Crippen LogP contribution in [0.25, 0.3) is 0 Å². The summed E-state index contributed by atoms with van der Waals surface area (Å²) >= 11 is 6.20. The lowest BCUT2D eigenvalue weighted by Gasteiger charge is -2.25. The number of nitrogens with one attached hydrogen (secondary N) is 1. The van der Waals surface area contributed by atoms with E-state index in [0.717, 1.165) is 18.5 Å². The quantitative estimate of drug-likeness (QED) is 0.806. The summed E-state index contributed by atoms with van der Waals surface area (Å²) in [4.78, 5) is 0. The van der Waals surface area contributed by atoms with Crippen LogP contribution in [0.4, 0.5) is 4.39 Å². The molecule has 0 aliphatic heterocycles. The van der Waals surface area contributed by atoms with Crippen LogP contribution in [0.5, 0.6) is 0 Å². The second-order valence-corrected chi connectivity index (χ2v) is 6.06. The van der Waals surface area contributed by atoms with Crippen molar-refractivity contribution >= 4 is 11.6 Å². The average molecular weight is 284 g/mol.